The van der Waals surface area contributed by atoms with Crippen LogP contribution in [-0.4, -0.2) is 5.78 Å². The number of Topliss-reactive ketones (excluding diaryl/α,β-unsaturated/α-hetero) is 1. The van der Waals surface area contributed by atoms with Gasteiger partial charge >= 0.3 is 0 Å². The highest BCUT2D eigenvalue weighted by Crippen LogP contribution is 2.22. The highest BCUT2D eigenvalue weighted by Gasteiger charge is 2.12. The minimum absolute atomic E-state index is 0.137. The van der Waals surface area contributed by atoms with Gasteiger partial charge in [0.1, 0.15) is 11.6 Å². The van der Waals surface area contributed by atoms with E-state index in [0.29, 0.717) is 23.0 Å². The zero-order valence-corrected chi connectivity index (χ0v) is 13.4. The van der Waals surface area contributed by atoms with Gasteiger partial charge in [-0.25, -0.2) is 4.39 Å². The summed E-state index contributed by atoms with van der Waals surface area (Å²) in [7, 11) is 0. The highest BCUT2D eigenvalue weighted by atomic mass is 79.9. The molecule has 2 aromatic rings. The molecule has 4 heteroatoms. The number of nitrogen functional groups attached to an aromatic ring is 1. The summed E-state index contributed by atoms with van der Waals surface area (Å²) in [5.74, 6) is -0.0405. The summed E-state index contributed by atoms with van der Waals surface area (Å²) < 4.78 is 13.5. The molecule has 0 amide bonds. The van der Waals surface area contributed by atoms with E-state index in [-0.39, 0.29) is 17.5 Å². The molecule has 110 valence electrons. The lowest BCUT2D eigenvalue weighted by Crippen LogP contribution is -2.08. The standard InChI is InChI=1S/C17H17BrFNO/c1-11(13-3-5-14(20)6-4-13)8-15(21)9-12-2-7-17(19)16(18)10-12/h2-7,10-11H,8-9,20H2,1H3. The molecule has 0 fully saturated rings. The second-order valence-electron chi connectivity index (χ2n) is 5.24. The lowest BCUT2D eigenvalue weighted by molar-refractivity contribution is -0.118. The predicted molar refractivity (Wildman–Crippen MR) is 86.7 cm³/mol. The van der Waals surface area contributed by atoms with Gasteiger partial charge in [0.15, 0.2) is 0 Å². The van der Waals surface area contributed by atoms with Crippen LogP contribution < -0.4 is 5.73 Å². The molecule has 2 aromatic carbocycles. The first kappa shape index (κ1) is 15.7. The summed E-state index contributed by atoms with van der Waals surface area (Å²) in [4.78, 5) is 12.1. The molecule has 2 nitrogen and oxygen atoms in total. The van der Waals surface area contributed by atoms with E-state index >= 15 is 0 Å². The monoisotopic (exact) mass is 349 g/mol. The number of nitrogens with two attached hydrogens (primary N) is 1. The van der Waals surface area contributed by atoms with Gasteiger partial charge in [-0.05, 0) is 57.2 Å². The maximum absolute atomic E-state index is 13.2. The summed E-state index contributed by atoms with van der Waals surface area (Å²) >= 11 is 3.13. The van der Waals surface area contributed by atoms with E-state index in [0.717, 1.165) is 11.1 Å². The van der Waals surface area contributed by atoms with Crippen LogP contribution in [0.1, 0.15) is 30.4 Å². The maximum Gasteiger partial charge on any atom is 0.137 e. The third-order valence-corrected chi connectivity index (χ3v) is 4.03. The van der Waals surface area contributed by atoms with Gasteiger partial charge in [-0.2, -0.15) is 0 Å². The Labute approximate surface area is 132 Å². The summed E-state index contributed by atoms with van der Waals surface area (Å²) in [6, 6.07) is 12.2. The number of anilines is 1. The number of carbonyl (C=O) groups excluding carboxylic acids is 1. The number of carbonyl (C=O) groups is 1. The molecule has 0 heterocycles. The summed E-state index contributed by atoms with van der Waals surface area (Å²) in [6.45, 7) is 2.02. The number of hydrogen-bond acceptors (Lipinski definition) is 2. The first-order chi connectivity index (χ1) is 9.95. The van der Waals surface area contributed by atoms with Crippen LogP contribution in [0.25, 0.3) is 0 Å². The topological polar surface area (TPSA) is 43.1 Å². The molecule has 2 rings (SSSR count). The molecule has 0 saturated carbocycles. The maximum atomic E-state index is 13.2. The van der Waals surface area contributed by atoms with Crippen molar-refractivity contribution in [1.29, 1.82) is 0 Å². The molecule has 1 unspecified atom stereocenters. The quantitative estimate of drug-likeness (QED) is 0.809. The summed E-state index contributed by atoms with van der Waals surface area (Å²) in [5.41, 5.74) is 8.28. The smallest absolute Gasteiger partial charge is 0.137 e. The molecule has 0 aliphatic heterocycles. The first-order valence-electron chi connectivity index (χ1n) is 6.77. The van der Waals surface area contributed by atoms with Crippen LogP contribution in [0.15, 0.2) is 46.9 Å². The number of hydrogen-bond donors (Lipinski definition) is 1. The van der Waals surface area contributed by atoms with E-state index in [1.54, 1.807) is 12.1 Å². The number of rotatable bonds is 5. The SMILES string of the molecule is CC(CC(=O)Cc1ccc(F)c(Br)c1)c1ccc(N)cc1. The van der Waals surface area contributed by atoms with E-state index in [2.05, 4.69) is 15.9 Å². The fourth-order valence-electron chi connectivity index (χ4n) is 2.23. The minimum Gasteiger partial charge on any atom is -0.399 e. The predicted octanol–water partition coefficient (Wildman–Crippen LogP) is 4.48. The number of ketones is 1. The lowest BCUT2D eigenvalue weighted by Gasteiger charge is -2.11. The molecule has 0 saturated heterocycles. The zero-order chi connectivity index (χ0) is 15.4. The molecule has 21 heavy (non-hydrogen) atoms. The molecule has 0 radical (unpaired) electrons. The fourth-order valence-corrected chi connectivity index (χ4v) is 2.66. The molecular weight excluding hydrogens is 333 g/mol. The van der Waals surface area contributed by atoms with Gasteiger partial charge in [-0.1, -0.05) is 25.1 Å². The van der Waals surface area contributed by atoms with Crippen LogP contribution in [0.2, 0.25) is 0 Å². The molecule has 0 bridgehead atoms. The van der Waals surface area contributed by atoms with Crippen LogP contribution in [0.3, 0.4) is 0 Å². The Hall–Kier alpha value is -1.68. The Bertz CT molecular complexity index is 640. The van der Waals surface area contributed by atoms with Gasteiger partial charge in [0.25, 0.3) is 0 Å². The van der Waals surface area contributed by atoms with Gasteiger partial charge < -0.3 is 5.73 Å². The fraction of sp³-hybridized carbons (Fsp3) is 0.235. The van der Waals surface area contributed by atoms with Crippen molar-refractivity contribution >= 4 is 27.4 Å². The second-order valence-corrected chi connectivity index (χ2v) is 6.09. The Morgan fingerprint density at radius 2 is 1.90 bits per heavy atom. The molecule has 0 aliphatic rings. The van der Waals surface area contributed by atoms with Crippen molar-refractivity contribution in [2.24, 2.45) is 0 Å². The molecule has 0 aromatic heterocycles. The van der Waals surface area contributed by atoms with Crippen molar-refractivity contribution in [1.82, 2.24) is 0 Å². The Morgan fingerprint density at radius 3 is 2.52 bits per heavy atom. The number of halogens is 2. The van der Waals surface area contributed by atoms with Gasteiger partial charge in [0.05, 0.1) is 4.47 Å². The van der Waals surface area contributed by atoms with E-state index in [4.69, 9.17) is 5.73 Å². The largest absolute Gasteiger partial charge is 0.399 e. The van der Waals surface area contributed by atoms with E-state index in [1.165, 1.54) is 6.07 Å². The van der Waals surface area contributed by atoms with E-state index < -0.39 is 0 Å². The van der Waals surface area contributed by atoms with Crippen molar-refractivity contribution in [2.45, 2.75) is 25.7 Å². The van der Waals surface area contributed by atoms with Crippen molar-refractivity contribution in [3.8, 4) is 0 Å². The number of benzene rings is 2. The highest BCUT2D eigenvalue weighted by molar-refractivity contribution is 9.10. The average Bonchev–Trinajstić information content (AvgIpc) is 2.43. The molecule has 0 spiro atoms. The molecule has 1 atom stereocenters. The second kappa shape index (κ2) is 6.85. The van der Waals surface area contributed by atoms with Crippen LogP contribution in [0.5, 0.6) is 0 Å². The van der Waals surface area contributed by atoms with E-state index in [9.17, 15) is 9.18 Å². The third-order valence-electron chi connectivity index (χ3n) is 3.42. The molecule has 0 aliphatic carbocycles. The lowest BCUT2D eigenvalue weighted by atomic mass is 9.93. The van der Waals surface area contributed by atoms with Crippen LogP contribution in [-0.2, 0) is 11.2 Å². The normalized spacial score (nSPS) is 12.1. The van der Waals surface area contributed by atoms with Gasteiger partial charge in [-0.15, -0.1) is 0 Å². The Balaban J connectivity index is 1.97. The van der Waals surface area contributed by atoms with Gasteiger partial charge in [0, 0.05) is 18.5 Å². The minimum atomic E-state index is -0.318. The molecular formula is C17H17BrFNO. The van der Waals surface area contributed by atoms with Gasteiger partial charge in [-0.3, -0.25) is 4.79 Å². The first-order valence-corrected chi connectivity index (χ1v) is 7.56. The van der Waals surface area contributed by atoms with Crippen molar-refractivity contribution in [3.63, 3.8) is 0 Å². The summed E-state index contributed by atoms with van der Waals surface area (Å²) in [5, 5.41) is 0. The van der Waals surface area contributed by atoms with E-state index in [1.807, 2.05) is 31.2 Å². The van der Waals surface area contributed by atoms with Crippen LogP contribution >= 0.6 is 15.9 Å². The van der Waals surface area contributed by atoms with Crippen molar-refractivity contribution in [3.05, 3.63) is 63.9 Å². The Morgan fingerprint density at radius 1 is 1.24 bits per heavy atom. The van der Waals surface area contributed by atoms with Crippen LogP contribution in [0.4, 0.5) is 10.1 Å². The van der Waals surface area contributed by atoms with Crippen molar-refractivity contribution < 1.29 is 9.18 Å². The van der Waals surface area contributed by atoms with Gasteiger partial charge in [0.2, 0.25) is 0 Å². The average molecular weight is 350 g/mol. The Kier molecular flexibility index (Phi) is 5.12. The molecule has 2 N–H and O–H groups in total. The van der Waals surface area contributed by atoms with Crippen LogP contribution in [0, 0.1) is 5.82 Å². The zero-order valence-electron chi connectivity index (χ0n) is 11.8. The van der Waals surface area contributed by atoms with Crippen molar-refractivity contribution in [2.75, 3.05) is 5.73 Å². The summed E-state index contributed by atoms with van der Waals surface area (Å²) in [6.07, 6.45) is 0.775. The third kappa shape index (κ3) is 4.39.